The minimum Gasteiger partial charge on any atom is -0.358 e. The molecule has 2 aliphatic heterocycles. The van der Waals surface area contributed by atoms with E-state index in [1.54, 1.807) is 0 Å². The number of pyridine rings is 2. The van der Waals surface area contributed by atoms with Gasteiger partial charge in [0.05, 0.1) is 5.52 Å². The third-order valence-electron chi connectivity index (χ3n) is 12.5. The molecule has 2 aliphatic rings. The molecule has 0 spiro atoms. The van der Waals surface area contributed by atoms with Gasteiger partial charge >= 0.3 is 21.1 Å². The third kappa shape index (κ3) is 4.58. The molecule has 0 amide bonds. The second-order valence-electron chi connectivity index (χ2n) is 17.4. The van der Waals surface area contributed by atoms with Gasteiger partial charge in [0.1, 0.15) is 11.5 Å². The summed E-state index contributed by atoms with van der Waals surface area (Å²) in [6, 6.07) is 47.8. The second kappa shape index (κ2) is 11.8. The van der Waals surface area contributed by atoms with E-state index in [1.807, 2.05) is 18.5 Å². The minimum atomic E-state index is -0.261. The molecule has 11 rings (SSSR count). The van der Waals surface area contributed by atoms with Crippen LogP contribution in [0.5, 0.6) is 0 Å². The molecule has 0 unspecified atom stereocenters. The third-order valence-corrected chi connectivity index (χ3v) is 12.5. The molecule has 0 N–H and O–H groups in total. The van der Waals surface area contributed by atoms with Crippen LogP contribution in [0.25, 0.3) is 55.2 Å². The Bertz CT molecular complexity index is 3050. The molecule has 0 radical (unpaired) electrons. The summed E-state index contributed by atoms with van der Waals surface area (Å²) < 4.78 is 4.63. The fourth-order valence-corrected chi connectivity index (χ4v) is 9.55. The minimum absolute atomic E-state index is 0. The first kappa shape index (κ1) is 34.9. The Morgan fingerprint density at radius 1 is 0.571 bits per heavy atom. The van der Waals surface area contributed by atoms with Crippen molar-refractivity contribution in [1.82, 2.24) is 19.1 Å². The predicted molar refractivity (Wildman–Crippen MR) is 226 cm³/mol. The number of benzene rings is 5. The summed E-state index contributed by atoms with van der Waals surface area (Å²) in [5.74, 6) is 0.977. The molecule has 0 saturated heterocycles. The SMILES string of the molecule is CC(C)(C)c1cc2c3c(c1)c1ccc(N4c5[c-]c(-n6c7ccccc7c7cccnc76)ccc5C(C)(C)c5ccccc54)[c-]c1n3-c1ncccc1C2(C)C.[Pt+2]. The van der Waals surface area contributed by atoms with E-state index in [1.165, 1.54) is 49.5 Å². The molecule has 0 atom stereocenters. The van der Waals surface area contributed by atoms with Crippen LogP contribution in [0, 0.1) is 12.1 Å². The van der Waals surface area contributed by atoms with Crippen LogP contribution < -0.4 is 4.90 Å². The summed E-state index contributed by atoms with van der Waals surface area (Å²) in [5, 5.41) is 4.74. The molecule has 9 aromatic rings. The predicted octanol–water partition coefficient (Wildman–Crippen LogP) is 12.3. The van der Waals surface area contributed by atoms with Crippen molar-refractivity contribution in [1.29, 1.82) is 0 Å². The summed E-state index contributed by atoms with van der Waals surface area (Å²) >= 11 is 0. The summed E-state index contributed by atoms with van der Waals surface area (Å²) in [7, 11) is 0. The summed E-state index contributed by atoms with van der Waals surface area (Å²) in [5.41, 5.74) is 14.2. The van der Waals surface area contributed by atoms with Crippen molar-refractivity contribution in [2.45, 2.75) is 64.7 Å². The van der Waals surface area contributed by atoms with E-state index in [0.29, 0.717) is 0 Å². The molecule has 5 nitrogen and oxygen atoms in total. The van der Waals surface area contributed by atoms with Crippen molar-refractivity contribution in [2.24, 2.45) is 0 Å². The van der Waals surface area contributed by atoms with E-state index in [2.05, 4.69) is 178 Å². The molecule has 6 heteroatoms. The molecule has 5 aromatic carbocycles. The molecule has 0 saturated carbocycles. The maximum absolute atomic E-state index is 5.07. The van der Waals surface area contributed by atoms with Crippen LogP contribution in [-0.2, 0) is 37.3 Å². The molecule has 4 aromatic heterocycles. The fourth-order valence-electron chi connectivity index (χ4n) is 9.55. The molecule has 276 valence electrons. The Morgan fingerprint density at radius 2 is 1.27 bits per heavy atom. The Hall–Kier alpha value is -5.51. The van der Waals surface area contributed by atoms with Crippen molar-refractivity contribution in [3.63, 3.8) is 0 Å². The van der Waals surface area contributed by atoms with E-state index >= 15 is 0 Å². The molecular weight excluding hydrogens is 866 g/mol. The Kier molecular flexibility index (Phi) is 7.33. The van der Waals surface area contributed by atoms with Gasteiger partial charge in [-0.15, -0.1) is 35.2 Å². The van der Waals surface area contributed by atoms with Crippen LogP contribution in [0.3, 0.4) is 0 Å². The average Bonchev–Trinajstić information content (AvgIpc) is 3.69. The quantitative estimate of drug-likeness (QED) is 0.162. The van der Waals surface area contributed by atoms with Gasteiger partial charge in [0.25, 0.3) is 0 Å². The number of hydrogen-bond acceptors (Lipinski definition) is 3. The molecule has 56 heavy (non-hydrogen) atoms. The van der Waals surface area contributed by atoms with Gasteiger partial charge in [0, 0.05) is 45.3 Å². The van der Waals surface area contributed by atoms with Crippen molar-refractivity contribution in [2.75, 3.05) is 4.90 Å². The number of para-hydroxylation sites is 2. The molecule has 0 aliphatic carbocycles. The number of nitrogens with zero attached hydrogens (tertiary/aromatic N) is 5. The van der Waals surface area contributed by atoms with Gasteiger partial charge < -0.3 is 14.0 Å². The molecule has 6 heterocycles. The maximum Gasteiger partial charge on any atom is 2.00 e. The Morgan fingerprint density at radius 3 is 2.11 bits per heavy atom. The molecule has 0 fully saturated rings. The summed E-state index contributed by atoms with van der Waals surface area (Å²) in [6.45, 7) is 16.3. The number of aromatic nitrogens is 4. The van der Waals surface area contributed by atoms with E-state index in [9.17, 15) is 0 Å². The van der Waals surface area contributed by atoms with Crippen LogP contribution in [0.1, 0.15) is 76.3 Å². The van der Waals surface area contributed by atoms with Crippen LogP contribution in [0.4, 0.5) is 17.1 Å². The van der Waals surface area contributed by atoms with Crippen LogP contribution in [-0.4, -0.2) is 19.1 Å². The van der Waals surface area contributed by atoms with Crippen LogP contribution >= 0.6 is 0 Å². The zero-order valence-electron chi connectivity index (χ0n) is 32.6. The van der Waals surface area contributed by atoms with Gasteiger partial charge in [0.2, 0.25) is 0 Å². The number of fused-ring (bicyclic) bond motifs is 10. The first-order valence-electron chi connectivity index (χ1n) is 19.3. The standard InChI is InChI=1S/C50H41N5.Pt/c1-48(2,3)30-26-36-34-22-20-31(28-43(34)55-45(36)40(27-30)50(6,7)39-17-13-25-52-47(39)55)53-42-19-11-9-16-37(42)49(4,5)38-23-21-32(29-44(38)53)54-41-18-10-8-14-33(41)35-15-12-24-51-46(35)54;/h8-27H,1-7H3;/q-2;+2. The van der Waals surface area contributed by atoms with Gasteiger partial charge in [-0.3, -0.25) is 0 Å². The molecular formula is C50H41N5Pt. The number of rotatable bonds is 2. The summed E-state index contributed by atoms with van der Waals surface area (Å²) in [6.07, 6.45) is 3.80. The van der Waals surface area contributed by atoms with Gasteiger partial charge in [-0.2, -0.15) is 12.1 Å². The van der Waals surface area contributed by atoms with Gasteiger partial charge in [-0.1, -0.05) is 126 Å². The van der Waals surface area contributed by atoms with E-state index in [-0.39, 0.29) is 37.3 Å². The van der Waals surface area contributed by atoms with E-state index in [4.69, 9.17) is 9.97 Å². The zero-order chi connectivity index (χ0) is 37.6. The first-order chi connectivity index (χ1) is 26.4. The van der Waals surface area contributed by atoms with Crippen molar-refractivity contribution >= 4 is 60.8 Å². The Balaban J connectivity index is 0.00000384. The van der Waals surface area contributed by atoms with Crippen molar-refractivity contribution in [3.05, 3.63) is 162 Å². The zero-order valence-corrected chi connectivity index (χ0v) is 34.9. The first-order valence-corrected chi connectivity index (χ1v) is 19.3. The molecule has 0 bridgehead atoms. The fraction of sp³-hybridized carbons (Fsp3) is 0.200. The number of hydrogen-bond donors (Lipinski definition) is 0. The van der Waals surface area contributed by atoms with E-state index < -0.39 is 0 Å². The van der Waals surface area contributed by atoms with E-state index in [0.717, 1.165) is 50.6 Å². The van der Waals surface area contributed by atoms with Crippen LogP contribution in [0.15, 0.2) is 122 Å². The monoisotopic (exact) mass is 906 g/mol. The van der Waals surface area contributed by atoms with Gasteiger partial charge in [-0.25, -0.2) is 9.97 Å². The van der Waals surface area contributed by atoms with Gasteiger partial charge in [0.15, 0.2) is 0 Å². The Labute approximate surface area is 341 Å². The largest absolute Gasteiger partial charge is 2.00 e. The smallest absolute Gasteiger partial charge is 0.358 e. The van der Waals surface area contributed by atoms with Crippen LogP contribution in [0.2, 0.25) is 0 Å². The second-order valence-corrected chi connectivity index (χ2v) is 17.4. The average molecular weight is 907 g/mol. The topological polar surface area (TPSA) is 38.9 Å². The maximum atomic E-state index is 5.07. The van der Waals surface area contributed by atoms with Crippen molar-refractivity contribution in [3.8, 4) is 11.5 Å². The number of anilines is 3. The van der Waals surface area contributed by atoms with Crippen molar-refractivity contribution < 1.29 is 21.1 Å². The summed E-state index contributed by atoms with van der Waals surface area (Å²) in [4.78, 5) is 12.3. The normalized spacial score (nSPS) is 15.2. The van der Waals surface area contributed by atoms with Gasteiger partial charge in [-0.05, 0) is 63.2 Å².